The second-order valence-electron chi connectivity index (χ2n) is 8.75. The van der Waals surface area contributed by atoms with Gasteiger partial charge in [-0.25, -0.2) is 9.37 Å². The molecule has 2 aromatic rings. The molecule has 1 saturated heterocycles. The van der Waals surface area contributed by atoms with Crippen LogP contribution in [0.1, 0.15) is 30.9 Å². The minimum absolute atomic E-state index is 0.0401. The number of piperazine rings is 1. The van der Waals surface area contributed by atoms with Crippen LogP contribution in [0.2, 0.25) is 0 Å². The fourth-order valence-electron chi connectivity index (χ4n) is 4.55. The summed E-state index contributed by atoms with van der Waals surface area (Å²) in [5.74, 6) is -1.05. The van der Waals surface area contributed by atoms with Crippen LogP contribution in [-0.2, 0) is 9.59 Å². The van der Waals surface area contributed by atoms with Crippen molar-refractivity contribution in [3.8, 4) is 0 Å². The highest BCUT2D eigenvalue weighted by Gasteiger charge is 2.32. The number of carbonyl (C=O) groups excluding carboxylic acids is 2. The van der Waals surface area contributed by atoms with E-state index in [0.717, 1.165) is 62.8 Å². The van der Waals surface area contributed by atoms with Crippen molar-refractivity contribution >= 4 is 29.6 Å². The maximum absolute atomic E-state index is 14.3. The van der Waals surface area contributed by atoms with Gasteiger partial charge < -0.3 is 26.1 Å². The van der Waals surface area contributed by atoms with Gasteiger partial charge >= 0.3 is 0 Å². The molecular weight excluding hydrogens is 425 g/mol. The number of aromatic nitrogens is 2. The molecule has 2 heterocycles. The van der Waals surface area contributed by atoms with Crippen LogP contribution >= 0.6 is 0 Å². The van der Waals surface area contributed by atoms with Gasteiger partial charge in [-0.3, -0.25) is 9.69 Å². The highest BCUT2D eigenvalue weighted by molar-refractivity contribution is 5.78. The summed E-state index contributed by atoms with van der Waals surface area (Å²) in [6.07, 6.45) is 4.35. The molecule has 2 fully saturated rings. The van der Waals surface area contributed by atoms with E-state index in [9.17, 15) is 14.0 Å². The molecule has 0 bridgehead atoms. The van der Waals surface area contributed by atoms with E-state index in [1.54, 1.807) is 0 Å². The van der Waals surface area contributed by atoms with Crippen molar-refractivity contribution in [3.63, 3.8) is 0 Å². The van der Waals surface area contributed by atoms with Crippen LogP contribution in [0.4, 0.5) is 21.8 Å². The van der Waals surface area contributed by atoms with E-state index in [1.807, 2.05) is 24.3 Å². The monoisotopic (exact) mass is 455 g/mol. The Morgan fingerprint density at radius 3 is 2.61 bits per heavy atom. The highest BCUT2D eigenvalue weighted by atomic mass is 19.1. The van der Waals surface area contributed by atoms with Gasteiger partial charge in [0.2, 0.25) is 11.9 Å². The Morgan fingerprint density at radius 1 is 1.21 bits per heavy atom. The van der Waals surface area contributed by atoms with Crippen LogP contribution in [0.5, 0.6) is 0 Å². The average molecular weight is 456 g/mol. The van der Waals surface area contributed by atoms with Crippen molar-refractivity contribution in [1.82, 2.24) is 19.8 Å². The third-order valence-electron chi connectivity index (χ3n) is 6.52. The van der Waals surface area contributed by atoms with Crippen LogP contribution in [0, 0.1) is 11.7 Å². The molecule has 10 heteroatoms. The van der Waals surface area contributed by atoms with Gasteiger partial charge in [-0.05, 0) is 37.6 Å². The molecule has 1 saturated carbocycles. The summed E-state index contributed by atoms with van der Waals surface area (Å²) in [4.78, 5) is 36.1. The van der Waals surface area contributed by atoms with E-state index >= 15 is 0 Å². The lowest BCUT2D eigenvalue weighted by Crippen LogP contribution is -2.46. The molecule has 3 unspecified atom stereocenters. The van der Waals surface area contributed by atoms with E-state index in [2.05, 4.69) is 37.4 Å². The largest absolute Gasteiger partial charge is 0.369 e. The first-order chi connectivity index (χ1) is 15.9. The topological polar surface area (TPSA) is 116 Å². The van der Waals surface area contributed by atoms with Gasteiger partial charge in [0.1, 0.15) is 6.29 Å². The first-order valence-electron chi connectivity index (χ1n) is 11.3. The Labute approximate surface area is 192 Å². The molecule has 176 valence electrons. The summed E-state index contributed by atoms with van der Waals surface area (Å²) in [7, 11) is 2.08. The maximum atomic E-state index is 14.3. The van der Waals surface area contributed by atoms with Crippen LogP contribution in [0.25, 0.3) is 0 Å². The lowest BCUT2D eigenvalue weighted by atomic mass is 10.0. The summed E-state index contributed by atoms with van der Waals surface area (Å²) >= 11 is 0. The number of carbonyl (C=O) groups is 2. The number of rotatable bonds is 8. The molecule has 4 N–H and O–H groups in total. The predicted molar refractivity (Wildman–Crippen MR) is 124 cm³/mol. The van der Waals surface area contributed by atoms with Gasteiger partial charge in [-0.15, -0.1) is 0 Å². The van der Waals surface area contributed by atoms with Gasteiger partial charge in [0, 0.05) is 37.9 Å². The molecule has 0 spiro atoms. The Balaban J connectivity index is 1.43. The van der Waals surface area contributed by atoms with Crippen molar-refractivity contribution in [1.29, 1.82) is 0 Å². The number of anilines is 3. The summed E-state index contributed by atoms with van der Waals surface area (Å²) in [5.41, 5.74) is 7.10. The number of likely N-dealkylation sites (N-methyl/N-ethyl adjacent to an activating group) is 1. The molecular formula is C23H30FN7O2. The third kappa shape index (κ3) is 5.45. The second-order valence-corrected chi connectivity index (χ2v) is 8.75. The van der Waals surface area contributed by atoms with Gasteiger partial charge in [-0.2, -0.15) is 4.98 Å². The first kappa shape index (κ1) is 23.1. The number of halogens is 1. The molecule has 1 aliphatic carbocycles. The maximum Gasteiger partial charge on any atom is 0.229 e. The molecule has 1 aromatic heterocycles. The SMILES string of the molecule is CN1CCN(C(C=O)c2ccc(Nc3ncc(F)c(NC4CCCC4C(N)=O)n3)cc2)CC1. The Hall–Kier alpha value is -3.11. The minimum Gasteiger partial charge on any atom is -0.369 e. The normalized spacial score (nSPS) is 22.6. The van der Waals surface area contributed by atoms with Crippen LogP contribution in [0.15, 0.2) is 30.5 Å². The molecule has 1 aliphatic heterocycles. The fourth-order valence-corrected chi connectivity index (χ4v) is 4.55. The van der Waals surface area contributed by atoms with Gasteiger partial charge in [0.05, 0.1) is 18.2 Å². The molecule has 0 radical (unpaired) electrons. The minimum atomic E-state index is -0.591. The van der Waals surface area contributed by atoms with E-state index < -0.39 is 5.82 Å². The van der Waals surface area contributed by atoms with Crippen molar-refractivity contribution in [2.45, 2.75) is 31.3 Å². The summed E-state index contributed by atoms with van der Waals surface area (Å²) in [6.45, 7) is 3.56. The van der Waals surface area contributed by atoms with Gasteiger partial charge in [0.15, 0.2) is 11.6 Å². The summed E-state index contributed by atoms with van der Waals surface area (Å²) < 4.78 is 14.3. The third-order valence-corrected chi connectivity index (χ3v) is 6.52. The number of nitrogens with zero attached hydrogens (tertiary/aromatic N) is 4. The van der Waals surface area contributed by atoms with E-state index in [4.69, 9.17) is 5.73 Å². The molecule has 1 amide bonds. The number of amides is 1. The van der Waals surface area contributed by atoms with E-state index in [-0.39, 0.29) is 35.7 Å². The zero-order valence-corrected chi connectivity index (χ0v) is 18.7. The van der Waals surface area contributed by atoms with Crippen molar-refractivity contribution < 1.29 is 14.0 Å². The second kappa shape index (κ2) is 10.2. The molecule has 9 nitrogen and oxygen atoms in total. The molecule has 1 aromatic carbocycles. The molecule has 4 rings (SSSR count). The first-order valence-corrected chi connectivity index (χ1v) is 11.3. The fraction of sp³-hybridized carbons (Fsp3) is 0.478. The lowest BCUT2D eigenvalue weighted by Gasteiger charge is -2.35. The number of aldehydes is 1. The zero-order chi connectivity index (χ0) is 23.4. The van der Waals surface area contributed by atoms with Crippen molar-refractivity contribution in [2.24, 2.45) is 11.7 Å². The average Bonchev–Trinajstić information content (AvgIpc) is 3.27. The van der Waals surface area contributed by atoms with Crippen LogP contribution in [-0.4, -0.2) is 71.2 Å². The Morgan fingerprint density at radius 2 is 1.94 bits per heavy atom. The quantitative estimate of drug-likeness (QED) is 0.517. The van der Waals surface area contributed by atoms with Gasteiger partial charge in [-0.1, -0.05) is 18.6 Å². The molecule has 2 aliphatic rings. The smallest absolute Gasteiger partial charge is 0.229 e. The van der Waals surface area contributed by atoms with Gasteiger partial charge in [0.25, 0.3) is 0 Å². The standard InChI is InChI=1S/C23H30FN7O2/c1-30-9-11-31(12-10-30)20(14-32)15-5-7-16(8-6-15)27-23-26-13-18(24)22(29-23)28-19-4-2-3-17(19)21(25)33/h5-8,13-14,17,19-20H,2-4,9-12H2,1H3,(H2,25,33)(H2,26,27,28,29). The van der Waals surface area contributed by atoms with Crippen LogP contribution < -0.4 is 16.4 Å². The number of benzene rings is 1. The Kier molecular flexibility index (Phi) is 7.14. The predicted octanol–water partition coefficient (Wildman–Crippen LogP) is 1.91. The molecule has 33 heavy (non-hydrogen) atoms. The summed E-state index contributed by atoms with van der Waals surface area (Å²) in [6, 6.07) is 6.98. The number of nitrogens with two attached hydrogens (primary N) is 1. The number of primary amides is 1. The Bertz CT molecular complexity index is 979. The number of hydrogen-bond acceptors (Lipinski definition) is 8. The van der Waals surface area contributed by atoms with Crippen molar-refractivity contribution in [2.75, 3.05) is 43.9 Å². The van der Waals surface area contributed by atoms with E-state index in [1.165, 1.54) is 0 Å². The summed E-state index contributed by atoms with van der Waals surface area (Å²) in [5, 5.41) is 6.09. The lowest BCUT2D eigenvalue weighted by molar-refractivity contribution is -0.121. The zero-order valence-electron chi connectivity index (χ0n) is 18.7. The van der Waals surface area contributed by atoms with E-state index in [0.29, 0.717) is 6.42 Å². The number of nitrogens with one attached hydrogen (secondary N) is 2. The molecule has 3 atom stereocenters. The number of hydrogen-bond donors (Lipinski definition) is 3. The van der Waals surface area contributed by atoms with Crippen LogP contribution in [0.3, 0.4) is 0 Å². The highest BCUT2D eigenvalue weighted by Crippen LogP contribution is 2.29. The van der Waals surface area contributed by atoms with Crippen molar-refractivity contribution in [3.05, 3.63) is 41.8 Å².